The van der Waals surface area contributed by atoms with Gasteiger partial charge in [0.25, 0.3) is 0 Å². The van der Waals surface area contributed by atoms with Gasteiger partial charge in [-0.2, -0.15) is 0 Å². The van der Waals surface area contributed by atoms with Crippen LogP contribution in [0.15, 0.2) is 18.2 Å². The molecule has 1 aliphatic rings. The SMILES string of the molecule is Cc1cccc(C2(C=O)CC2)c1C. The van der Waals surface area contributed by atoms with Crippen LogP contribution in [0.1, 0.15) is 29.5 Å². The van der Waals surface area contributed by atoms with Gasteiger partial charge in [-0.3, -0.25) is 0 Å². The first kappa shape index (κ1) is 8.49. The predicted molar refractivity (Wildman–Crippen MR) is 52.9 cm³/mol. The quantitative estimate of drug-likeness (QED) is 0.630. The third-order valence-electron chi connectivity index (χ3n) is 3.16. The fourth-order valence-electron chi connectivity index (χ4n) is 1.88. The summed E-state index contributed by atoms with van der Waals surface area (Å²) in [5.41, 5.74) is 3.69. The summed E-state index contributed by atoms with van der Waals surface area (Å²) in [5.74, 6) is 0. The number of carbonyl (C=O) groups excluding carboxylic acids is 1. The molecule has 0 bridgehead atoms. The van der Waals surface area contributed by atoms with Gasteiger partial charge >= 0.3 is 0 Å². The van der Waals surface area contributed by atoms with E-state index in [4.69, 9.17) is 0 Å². The molecule has 0 aromatic heterocycles. The second kappa shape index (κ2) is 2.69. The van der Waals surface area contributed by atoms with Crippen molar-refractivity contribution in [1.82, 2.24) is 0 Å². The van der Waals surface area contributed by atoms with E-state index >= 15 is 0 Å². The number of rotatable bonds is 2. The summed E-state index contributed by atoms with van der Waals surface area (Å²) in [6, 6.07) is 6.23. The van der Waals surface area contributed by atoms with E-state index in [0.29, 0.717) is 0 Å². The molecule has 0 atom stereocenters. The Morgan fingerprint density at radius 2 is 2.00 bits per heavy atom. The van der Waals surface area contributed by atoms with Crippen molar-refractivity contribution in [3.8, 4) is 0 Å². The highest BCUT2D eigenvalue weighted by Crippen LogP contribution is 2.47. The Balaban J connectivity index is 2.52. The summed E-state index contributed by atoms with van der Waals surface area (Å²) in [5, 5.41) is 0. The lowest BCUT2D eigenvalue weighted by Crippen LogP contribution is -2.10. The highest BCUT2D eigenvalue weighted by Gasteiger charge is 2.45. The van der Waals surface area contributed by atoms with Crippen LogP contribution in [0.3, 0.4) is 0 Å². The number of benzene rings is 1. The van der Waals surface area contributed by atoms with E-state index in [2.05, 4.69) is 26.0 Å². The van der Waals surface area contributed by atoms with Crippen molar-refractivity contribution in [2.75, 3.05) is 0 Å². The summed E-state index contributed by atoms with van der Waals surface area (Å²) in [6.07, 6.45) is 3.18. The van der Waals surface area contributed by atoms with E-state index in [9.17, 15) is 4.79 Å². The lowest BCUT2D eigenvalue weighted by Gasteiger charge is -2.12. The van der Waals surface area contributed by atoms with E-state index in [0.717, 1.165) is 19.1 Å². The molecule has 13 heavy (non-hydrogen) atoms. The van der Waals surface area contributed by atoms with E-state index < -0.39 is 0 Å². The molecule has 2 rings (SSSR count). The molecule has 0 heterocycles. The molecule has 1 aromatic carbocycles. The summed E-state index contributed by atoms with van der Waals surface area (Å²) >= 11 is 0. The van der Waals surface area contributed by atoms with Crippen LogP contribution in [0.2, 0.25) is 0 Å². The van der Waals surface area contributed by atoms with Crippen LogP contribution in [0, 0.1) is 13.8 Å². The van der Waals surface area contributed by atoms with E-state index in [1.54, 1.807) is 0 Å². The Labute approximate surface area is 78.8 Å². The van der Waals surface area contributed by atoms with Crippen molar-refractivity contribution in [2.45, 2.75) is 32.1 Å². The van der Waals surface area contributed by atoms with Crippen LogP contribution in [0.5, 0.6) is 0 Å². The molecule has 1 heteroatoms. The first-order chi connectivity index (χ1) is 6.19. The number of hydrogen-bond acceptors (Lipinski definition) is 1. The van der Waals surface area contributed by atoms with Crippen molar-refractivity contribution >= 4 is 6.29 Å². The van der Waals surface area contributed by atoms with Gasteiger partial charge in [0.1, 0.15) is 6.29 Å². The fraction of sp³-hybridized carbons (Fsp3) is 0.417. The van der Waals surface area contributed by atoms with Crippen LogP contribution in [-0.4, -0.2) is 6.29 Å². The summed E-state index contributed by atoms with van der Waals surface area (Å²) in [6.45, 7) is 4.20. The Morgan fingerprint density at radius 3 is 2.54 bits per heavy atom. The van der Waals surface area contributed by atoms with Crippen LogP contribution in [0.25, 0.3) is 0 Å². The normalized spacial score (nSPS) is 18.3. The lowest BCUT2D eigenvalue weighted by atomic mass is 9.91. The van der Waals surface area contributed by atoms with E-state index in [1.807, 2.05) is 6.07 Å². The maximum atomic E-state index is 11.0. The maximum absolute atomic E-state index is 11.0. The van der Waals surface area contributed by atoms with Crippen molar-refractivity contribution in [2.24, 2.45) is 0 Å². The van der Waals surface area contributed by atoms with Crippen molar-refractivity contribution in [3.05, 3.63) is 34.9 Å². The molecule has 0 spiro atoms. The molecule has 1 aliphatic carbocycles. The molecular formula is C12H14O. The Kier molecular flexibility index (Phi) is 1.76. The lowest BCUT2D eigenvalue weighted by molar-refractivity contribution is -0.109. The molecule has 0 saturated heterocycles. The van der Waals surface area contributed by atoms with Gasteiger partial charge in [-0.05, 0) is 43.4 Å². The van der Waals surface area contributed by atoms with Crippen LogP contribution in [-0.2, 0) is 10.2 Å². The molecule has 1 aromatic rings. The molecular weight excluding hydrogens is 160 g/mol. The standard InChI is InChI=1S/C12H14O/c1-9-4-3-5-11(10(9)2)12(8-13)6-7-12/h3-5,8H,6-7H2,1-2H3. The number of hydrogen-bond donors (Lipinski definition) is 0. The fourth-order valence-corrected chi connectivity index (χ4v) is 1.88. The van der Waals surface area contributed by atoms with E-state index in [1.165, 1.54) is 16.7 Å². The Morgan fingerprint density at radius 1 is 1.31 bits per heavy atom. The zero-order valence-corrected chi connectivity index (χ0v) is 8.13. The minimum Gasteiger partial charge on any atom is -0.302 e. The third kappa shape index (κ3) is 1.19. The molecule has 68 valence electrons. The first-order valence-electron chi connectivity index (χ1n) is 4.73. The van der Waals surface area contributed by atoms with Crippen molar-refractivity contribution in [1.29, 1.82) is 0 Å². The van der Waals surface area contributed by atoms with Gasteiger partial charge in [0.2, 0.25) is 0 Å². The maximum Gasteiger partial charge on any atom is 0.130 e. The molecule has 0 N–H and O–H groups in total. The molecule has 1 nitrogen and oxygen atoms in total. The van der Waals surface area contributed by atoms with E-state index in [-0.39, 0.29) is 5.41 Å². The van der Waals surface area contributed by atoms with Gasteiger partial charge < -0.3 is 4.79 Å². The van der Waals surface area contributed by atoms with Gasteiger partial charge in [-0.25, -0.2) is 0 Å². The third-order valence-corrected chi connectivity index (χ3v) is 3.16. The minimum atomic E-state index is -0.115. The molecule has 1 saturated carbocycles. The topological polar surface area (TPSA) is 17.1 Å². The zero-order chi connectivity index (χ0) is 9.47. The second-order valence-electron chi connectivity index (χ2n) is 4.02. The van der Waals surface area contributed by atoms with Gasteiger partial charge in [0.05, 0.1) is 5.41 Å². The van der Waals surface area contributed by atoms with Crippen molar-refractivity contribution in [3.63, 3.8) is 0 Å². The highest BCUT2D eigenvalue weighted by atomic mass is 16.1. The number of carbonyl (C=O) groups is 1. The van der Waals surface area contributed by atoms with Gasteiger partial charge in [0.15, 0.2) is 0 Å². The average Bonchev–Trinajstić information content (AvgIpc) is 2.90. The van der Waals surface area contributed by atoms with Gasteiger partial charge in [0, 0.05) is 0 Å². The molecule has 0 radical (unpaired) electrons. The molecule has 1 fully saturated rings. The number of aryl methyl sites for hydroxylation is 1. The second-order valence-corrected chi connectivity index (χ2v) is 4.02. The predicted octanol–water partition coefficient (Wildman–Crippen LogP) is 2.53. The Bertz CT molecular complexity index is 348. The van der Waals surface area contributed by atoms with Gasteiger partial charge in [-0.15, -0.1) is 0 Å². The number of aldehydes is 1. The van der Waals surface area contributed by atoms with Crippen LogP contribution >= 0.6 is 0 Å². The van der Waals surface area contributed by atoms with Crippen LogP contribution < -0.4 is 0 Å². The monoisotopic (exact) mass is 174 g/mol. The summed E-state index contributed by atoms with van der Waals surface area (Å²) in [4.78, 5) is 11.0. The largest absolute Gasteiger partial charge is 0.302 e. The zero-order valence-electron chi connectivity index (χ0n) is 8.13. The smallest absolute Gasteiger partial charge is 0.130 e. The molecule has 0 unspecified atom stereocenters. The van der Waals surface area contributed by atoms with Gasteiger partial charge in [-0.1, -0.05) is 18.2 Å². The Hall–Kier alpha value is -1.11. The van der Waals surface area contributed by atoms with Crippen LogP contribution in [0.4, 0.5) is 0 Å². The summed E-state index contributed by atoms with van der Waals surface area (Å²) < 4.78 is 0. The molecule has 0 aliphatic heterocycles. The first-order valence-corrected chi connectivity index (χ1v) is 4.73. The van der Waals surface area contributed by atoms with Crippen molar-refractivity contribution < 1.29 is 4.79 Å². The molecule has 0 amide bonds. The summed E-state index contributed by atoms with van der Waals surface area (Å²) in [7, 11) is 0. The average molecular weight is 174 g/mol. The minimum absolute atomic E-state index is 0.115. The highest BCUT2D eigenvalue weighted by molar-refractivity contribution is 5.74.